The van der Waals surface area contributed by atoms with Crippen molar-refractivity contribution in [1.29, 1.82) is 0 Å². The van der Waals surface area contributed by atoms with Crippen LogP contribution in [0.25, 0.3) is 0 Å². The van der Waals surface area contributed by atoms with E-state index in [4.69, 9.17) is 0 Å². The van der Waals surface area contributed by atoms with Gasteiger partial charge in [-0.15, -0.1) is 0 Å². The normalized spacial score (nSPS) is 16.4. The maximum atomic E-state index is 12.6. The third kappa shape index (κ3) is 2.13. The Morgan fingerprint density at radius 3 is 2.50 bits per heavy atom. The first kappa shape index (κ1) is 13.0. The summed E-state index contributed by atoms with van der Waals surface area (Å²) in [6, 6.07) is 14.2. The van der Waals surface area contributed by atoms with Crippen LogP contribution in [0.4, 0.5) is 0 Å². The van der Waals surface area contributed by atoms with Gasteiger partial charge < -0.3 is 9.88 Å². The molecule has 0 saturated heterocycles. The Labute approximate surface area is 119 Å². The van der Waals surface area contributed by atoms with E-state index < -0.39 is 0 Å². The number of carbonyl (C=O) groups excluding carboxylic acids is 1. The van der Waals surface area contributed by atoms with Crippen LogP contribution >= 0.6 is 0 Å². The van der Waals surface area contributed by atoms with Crippen LogP contribution in [0.2, 0.25) is 0 Å². The number of aryl methyl sites for hydroxylation is 1. The fourth-order valence-electron chi connectivity index (χ4n) is 2.95. The zero-order valence-electron chi connectivity index (χ0n) is 11.8. The second-order valence-corrected chi connectivity index (χ2v) is 5.59. The molecule has 1 saturated carbocycles. The third-order valence-electron chi connectivity index (χ3n) is 4.45. The predicted octanol–water partition coefficient (Wildman–Crippen LogP) is 2.76. The molecule has 3 heteroatoms. The molecule has 3 nitrogen and oxygen atoms in total. The van der Waals surface area contributed by atoms with Gasteiger partial charge >= 0.3 is 0 Å². The van der Waals surface area contributed by atoms with Crippen LogP contribution < -0.4 is 5.32 Å². The summed E-state index contributed by atoms with van der Waals surface area (Å²) in [5, 5.41) is 3.11. The second-order valence-electron chi connectivity index (χ2n) is 5.59. The second kappa shape index (κ2) is 5.16. The monoisotopic (exact) mass is 268 g/mol. The molecule has 0 aliphatic heterocycles. The quantitative estimate of drug-likeness (QED) is 0.909. The highest BCUT2D eigenvalue weighted by molar-refractivity contribution is 5.89. The molecule has 1 fully saturated rings. The number of benzene rings is 1. The molecule has 1 aromatic heterocycles. The van der Waals surface area contributed by atoms with E-state index >= 15 is 0 Å². The predicted molar refractivity (Wildman–Crippen MR) is 79.2 cm³/mol. The Morgan fingerprint density at radius 1 is 1.20 bits per heavy atom. The first-order chi connectivity index (χ1) is 9.72. The maximum Gasteiger partial charge on any atom is 0.230 e. The molecular weight excluding hydrogens is 248 g/mol. The standard InChI is InChI=1S/C17H20N2O/c1-19-12-5-9-15(19)13-18-16(20)17(10-6-11-17)14-7-3-2-4-8-14/h2-5,7-9,12H,6,10-11,13H2,1H3,(H,18,20). The van der Waals surface area contributed by atoms with Gasteiger partial charge in [-0.3, -0.25) is 4.79 Å². The molecule has 2 aromatic rings. The Kier molecular flexibility index (Phi) is 3.35. The summed E-state index contributed by atoms with van der Waals surface area (Å²) in [5.41, 5.74) is 1.98. The zero-order valence-corrected chi connectivity index (χ0v) is 11.8. The van der Waals surface area contributed by atoms with Crippen molar-refractivity contribution < 1.29 is 4.79 Å². The molecule has 1 heterocycles. The lowest BCUT2D eigenvalue weighted by molar-refractivity contribution is -0.130. The fraction of sp³-hybridized carbons (Fsp3) is 0.353. The number of nitrogens with one attached hydrogen (secondary N) is 1. The van der Waals surface area contributed by atoms with Crippen LogP contribution in [0, 0.1) is 0 Å². The number of carbonyl (C=O) groups is 1. The first-order valence-corrected chi connectivity index (χ1v) is 7.16. The van der Waals surface area contributed by atoms with Crippen molar-refractivity contribution in [3.05, 3.63) is 59.9 Å². The van der Waals surface area contributed by atoms with Crippen molar-refractivity contribution in [1.82, 2.24) is 9.88 Å². The van der Waals surface area contributed by atoms with Crippen molar-refractivity contribution in [3.8, 4) is 0 Å². The number of aromatic nitrogens is 1. The number of hydrogen-bond acceptors (Lipinski definition) is 1. The lowest BCUT2D eigenvalue weighted by Crippen LogP contribution is -2.49. The summed E-state index contributed by atoms with van der Waals surface area (Å²) in [6.07, 6.45) is 5.04. The van der Waals surface area contributed by atoms with E-state index in [1.807, 2.05) is 48.1 Å². The zero-order chi connectivity index (χ0) is 14.0. The van der Waals surface area contributed by atoms with Gasteiger partial charge in [-0.2, -0.15) is 0 Å². The highest BCUT2D eigenvalue weighted by Gasteiger charge is 2.45. The lowest BCUT2D eigenvalue weighted by Gasteiger charge is -2.40. The summed E-state index contributed by atoms with van der Waals surface area (Å²) in [6.45, 7) is 0.594. The van der Waals surface area contributed by atoms with E-state index in [0.29, 0.717) is 6.54 Å². The van der Waals surface area contributed by atoms with Crippen LogP contribution in [0.15, 0.2) is 48.7 Å². The number of hydrogen-bond donors (Lipinski definition) is 1. The maximum absolute atomic E-state index is 12.6. The van der Waals surface area contributed by atoms with Gasteiger partial charge in [-0.05, 0) is 30.5 Å². The van der Waals surface area contributed by atoms with E-state index in [9.17, 15) is 4.79 Å². The molecule has 0 bridgehead atoms. The summed E-state index contributed by atoms with van der Waals surface area (Å²) >= 11 is 0. The molecule has 0 spiro atoms. The van der Waals surface area contributed by atoms with Gasteiger partial charge in [0.15, 0.2) is 0 Å². The highest BCUT2D eigenvalue weighted by Crippen LogP contribution is 2.43. The molecule has 0 radical (unpaired) electrons. The smallest absolute Gasteiger partial charge is 0.230 e. The average molecular weight is 268 g/mol. The molecule has 1 N–H and O–H groups in total. The number of rotatable bonds is 4. The van der Waals surface area contributed by atoms with E-state index in [1.54, 1.807) is 0 Å². The molecule has 1 aliphatic carbocycles. The number of nitrogens with zero attached hydrogens (tertiary/aromatic N) is 1. The van der Waals surface area contributed by atoms with Crippen molar-refractivity contribution in [2.45, 2.75) is 31.2 Å². The van der Waals surface area contributed by atoms with Crippen LogP contribution in [-0.2, 0) is 23.8 Å². The molecular formula is C17H20N2O. The third-order valence-corrected chi connectivity index (χ3v) is 4.45. The van der Waals surface area contributed by atoms with E-state index in [2.05, 4.69) is 17.4 Å². The molecule has 104 valence electrons. The van der Waals surface area contributed by atoms with Crippen molar-refractivity contribution in [3.63, 3.8) is 0 Å². The van der Waals surface area contributed by atoms with Crippen LogP contribution in [0.1, 0.15) is 30.5 Å². The van der Waals surface area contributed by atoms with Crippen LogP contribution in [0.3, 0.4) is 0 Å². The van der Waals surface area contributed by atoms with Gasteiger partial charge in [0, 0.05) is 18.9 Å². The lowest BCUT2D eigenvalue weighted by atomic mass is 9.64. The Bertz CT molecular complexity index is 596. The fourth-order valence-corrected chi connectivity index (χ4v) is 2.95. The molecule has 0 unspecified atom stereocenters. The van der Waals surface area contributed by atoms with Gasteiger partial charge in [0.2, 0.25) is 5.91 Å². The van der Waals surface area contributed by atoms with Gasteiger partial charge in [-0.25, -0.2) is 0 Å². The first-order valence-electron chi connectivity index (χ1n) is 7.16. The van der Waals surface area contributed by atoms with Crippen LogP contribution in [0.5, 0.6) is 0 Å². The van der Waals surface area contributed by atoms with Crippen molar-refractivity contribution >= 4 is 5.91 Å². The largest absolute Gasteiger partial charge is 0.353 e. The Hall–Kier alpha value is -2.03. The van der Waals surface area contributed by atoms with Gasteiger partial charge in [0.1, 0.15) is 0 Å². The molecule has 1 amide bonds. The minimum absolute atomic E-state index is 0.163. The van der Waals surface area contributed by atoms with E-state index in [0.717, 1.165) is 30.5 Å². The molecule has 1 aromatic carbocycles. The molecule has 0 atom stereocenters. The van der Waals surface area contributed by atoms with Gasteiger partial charge in [-0.1, -0.05) is 36.8 Å². The van der Waals surface area contributed by atoms with E-state index in [-0.39, 0.29) is 11.3 Å². The molecule has 1 aliphatic rings. The Balaban J connectivity index is 1.74. The van der Waals surface area contributed by atoms with Crippen LogP contribution in [-0.4, -0.2) is 10.5 Å². The van der Waals surface area contributed by atoms with Gasteiger partial charge in [0.05, 0.1) is 12.0 Å². The minimum Gasteiger partial charge on any atom is -0.353 e. The summed E-state index contributed by atoms with van der Waals surface area (Å²) in [5.74, 6) is 0.163. The Morgan fingerprint density at radius 2 is 1.95 bits per heavy atom. The molecule has 20 heavy (non-hydrogen) atoms. The average Bonchev–Trinajstić information content (AvgIpc) is 2.82. The summed E-state index contributed by atoms with van der Waals surface area (Å²) in [7, 11) is 2.00. The molecule has 3 rings (SSSR count). The van der Waals surface area contributed by atoms with Gasteiger partial charge in [0.25, 0.3) is 0 Å². The number of amides is 1. The topological polar surface area (TPSA) is 34.0 Å². The summed E-state index contributed by atoms with van der Waals surface area (Å²) in [4.78, 5) is 12.6. The minimum atomic E-state index is -0.299. The van der Waals surface area contributed by atoms with Crippen molar-refractivity contribution in [2.24, 2.45) is 7.05 Å². The highest BCUT2D eigenvalue weighted by atomic mass is 16.2. The SMILES string of the molecule is Cn1cccc1CNC(=O)C1(c2ccccc2)CCC1. The van der Waals surface area contributed by atoms with E-state index in [1.165, 1.54) is 0 Å². The van der Waals surface area contributed by atoms with Crippen molar-refractivity contribution in [2.75, 3.05) is 0 Å². The summed E-state index contributed by atoms with van der Waals surface area (Å²) < 4.78 is 2.04.